The van der Waals surface area contributed by atoms with Crippen molar-refractivity contribution in [3.8, 4) is 0 Å². The van der Waals surface area contributed by atoms with Gasteiger partial charge in [0, 0.05) is 19.2 Å². The van der Waals surface area contributed by atoms with Crippen LogP contribution in [0.25, 0.3) is 0 Å². The van der Waals surface area contributed by atoms with Gasteiger partial charge in [0.15, 0.2) is 0 Å². The van der Waals surface area contributed by atoms with Gasteiger partial charge in [-0.2, -0.15) is 5.10 Å². The first kappa shape index (κ1) is 16.7. The van der Waals surface area contributed by atoms with Gasteiger partial charge in [0.2, 0.25) is 5.91 Å². The minimum atomic E-state index is -1.21. The fraction of sp³-hybridized carbons (Fsp3) is 0.538. The normalized spacial score (nSPS) is 11.0. The fourth-order valence-electron chi connectivity index (χ4n) is 1.57. The number of aryl methyl sites for hydroxylation is 1. The number of imide groups is 1. The molecule has 3 amide bonds. The van der Waals surface area contributed by atoms with Crippen LogP contribution in [0.2, 0.25) is 0 Å². The lowest BCUT2D eigenvalue weighted by molar-refractivity contribution is -0.149. The Hall–Kier alpha value is -2.38. The van der Waals surface area contributed by atoms with E-state index >= 15 is 0 Å². The van der Waals surface area contributed by atoms with E-state index < -0.39 is 23.3 Å². The second-order valence-electron chi connectivity index (χ2n) is 5.45. The fourth-order valence-corrected chi connectivity index (χ4v) is 1.57. The summed E-state index contributed by atoms with van der Waals surface area (Å²) in [7, 11) is 0. The first-order valence-electron chi connectivity index (χ1n) is 6.51. The number of hydrogen-bond donors (Lipinski definition) is 3. The van der Waals surface area contributed by atoms with E-state index in [9.17, 15) is 14.4 Å². The Morgan fingerprint density at radius 2 is 2.05 bits per heavy atom. The van der Waals surface area contributed by atoms with Crippen molar-refractivity contribution < 1.29 is 19.5 Å². The summed E-state index contributed by atoms with van der Waals surface area (Å²) in [4.78, 5) is 33.9. The molecule has 8 heteroatoms. The topological polar surface area (TPSA) is 113 Å². The summed E-state index contributed by atoms with van der Waals surface area (Å²) in [6, 6.07) is -0.648. The Labute approximate surface area is 122 Å². The first-order chi connectivity index (χ1) is 9.70. The maximum Gasteiger partial charge on any atom is 0.321 e. The third-order valence-electron chi connectivity index (χ3n) is 2.82. The highest BCUT2D eigenvalue weighted by atomic mass is 16.4. The van der Waals surface area contributed by atoms with Gasteiger partial charge in [-0.25, -0.2) is 4.79 Å². The van der Waals surface area contributed by atoms with Crippen LogP contribution < -0.4 is 10.6 Å². The molecule has 0 spiro atoms. The molecule has 8 nitrogen and oxygen atoms in total. The molecule has 0 aliphatic carbocycles. The van der Waals surface area contributed by atoms with Gasteiger partial charge in [0.1, 0.15) is 0 Å². The Kier molecular flexibility index (Phi) is 5.45. The van der Waals surface area contributed by atoms with Gasteiger partial charge in [-0.3, -0.25) is 19.6 Å². The number of nitrogens with zero attached hydrogens (tertiary/aromatic N) is 2. The SMILES string of the molecule is Cc1cnn(CCNC(=O)NC(=O)CC(C)(C)C(=O)O)c1. The Morgan fingerprint density at radius 1 is 1.38 bits per heavy atom. The summed E-state index contributed by atoms with van der Waals surface area (Å²) in [5.74, 6) is -1.72. The van der Waals surface area contributed by atoms with E-state index in [1.54, 1.807) is 10.9 Å². The van der Waals surface area contributed by atoms with Crippen molar-refractivity contribution in [3.05, 3.63) is 18.0 Å². The number of nitrogens with one attached hydrogen (secondary N) is 2. The maximum atomic E-state index is 11.6. The number of carbonyl (C=O) groups excluding carboxylic acids is 2. The summed E-state index contributed by atoms with van der Waals surface area (Å²) in [6.07, 6.45) is 3.27. The molecule has 0 bridgehead atoms. The lowest BCUT2D eigenvalue weighted by Gasteiger charge is -2.17. The zero-order valence-electron chi connectivity index (χ0n) is 12.3. The van der Waals surface area contributed by atoms with Crippen molar-refractivity contribution in [1.29, 1.82) is 0 Å². The number of aromatic nitrogens is 2. The molecule has 0 fully saturated rings. The van der Waals surface area contributed by atoms with E-state index in [0.29, 0.717) is 13.1 Å². The number of amides is 3. The minimum absolute atomic E-state index is 0.270. The molecule has 0 aliphatic heterocycles. The van der Waals surface area contributed by atoms with E-state index in [-0.39, 0.29) is 6.42 Å². The highest BCUT2D eigenvalue weighted by molar-refractivity contribution is 5.96. The quantitative estimate of drug-likeness (QED) is 0.708. The van der Waals surface area contributed by atoms with Gasteiger partial charge in [0.25, 0.3) is 0 Å². The second-order valence-corrected chi connectivity index (χ2v) is 5.45. The molecule has 0 aromatic carbocycles. The van der Waals surface area contributed by atoms with E-state index in [4.69, 9.17) is 5.11 Å². The molecule has 21 heavy (non-hydrogen) atoms. The van der Waals surface area contributed by atoms with Crippen LogP contribution in [0.1, 0.15) is 25.8 Å². The Bertz CT molecular complexity index is 536. The summed E-state index contributed by atoms with van der Waals surface area (Å²) in [6.45, 7) is 5.55. The Morgan fingerprint density at radius 3 is 2.57 bits per heavy atom. The molecule has 1 aromatic rings. The number of carboxylic acid groups (broad SMARTS) is 1. The summed E-state index contributed by atoms with van der Waals surface area (Å²) >= 11 is 0. The van der Waals surface area contributed by atoms with Crippen molar-refractivity contribution in [1.82, 2.24) is 20.4 Å². The molecule has 1 aromatic heterocycles. The van der Waals surface area contributed by atoms with Crippen LogP contribution in [0.3, 0.4) is 0 Å². The number of carbonyl (C=O) groups is 3. The van der Waals surface area contributed by atoms with Gasteiger partial charge in [0.05, 0.1) is 18.2 Å². The van der Waals surface area contributed by atoms with Gasteiger partial charge in [-0.15, -0.1) is 0 Å². The van der Waals surface area contributed by atoms with Crippen LogP contribution in [0, 0.1) is 12.3 Å². The first-order valence-corrected chi connectivity index (χ1v) is 6.51. The molecule has 1 heterocycles. The van der Waals surface area contributed by atoms with Crippen molar-refractivity contribution in [2.45, 2.75) is 33.7 Å². The summed E-state index contributed by atoms with van der Waals surface area (Å²) in [5, 5.41) is 17.6. The molecule has 0 aliphatic rings. The lowest BCUT2D eigenvalue weighted by Crippen LogP contribution is -2.43. The van der Waals surface area contributed by atoms with Gasteiger partial charge < -0.3 is 10.4 Å². The molecule has 0 saturated heterocycles. The molecular weight excluding hydrogens is 276 g/mol. The van der Waals surface area contributed by atoms with Gasteiger partial charge in [-0.1, -0.05) is 0 Å². The molecule has 0 atom stereocenters. The standard InChI is InChI=1S/C13H20N4O4/c1-9-7-15-17(8-9)5-4-14-12(21)16-10(18)6-13(2,3)11(19)20/h7-8H,4-6H2,1-3H3,(H,19,20)(H2,14,16,18,21). The predicted molar refractivity (Wildman–Crippen MR) is 74.5 cm³/mol. The van der Waals surface area contributed by atoms with E-state index in [1.807, 2.05) is 13.1 Å². The molecule has 0 saturated carbocycles. The molecular formula is C13H20N4O4. The summed E-state index contributed by atoms with van der Waals surface area (Å²) < 4.78 is 1.67. The van der Waals surface area contributed by atoms with Gasteiger partial charge >= 0.3 is 12.0 Å². The lowest BCUT2D eigenvalue weighted by atomic mass is 9.89. The monoisotopic (exact) mass is 296 g/mol. The molecule has 0 radical (unpaired) electrons. The van der Waals surface area contributed by atoms with Gasteiger partial charge in [-0.05, 0) is 26.3 Å². The molecule has 3 N–H and O–H groups in total. The van der Waals surface area contributed by atoms with E-state index in [2.05, 4.69) is 15.7 Å². The highest BCUT2D eigenvalue weighted by Crippen LogP contribution is 2.19. The average molecular weight is 296 g/mol. The molecule has 116 valence electrons. The predicted octanol–water partition coefficient (Wildman–Crippen LogP) is 0.518. The van der Waals surface area contributed by atoms with Crippen LogP contribution in [0.4, 0.5) is 4.79 Å². The van der Waals surface area contributed by atoms with Crippen molar-refractivity contribution in [2.24, 2.45) is 5.41 Å². The van der Waals surface area contributed by atoms with E-state index in [1.165, 1.54) is 13.8 Å². The smallest absolute Gasteiger partial charge is 0.321 e. The minimum Gasteiger partial charge on any atom is -0.481 e. The average Bonchev–Trinajstić information content (AvgIpc) is 2.73. The van der Waals surface area contributed by atoms with Crippen LogP contribution in [0.15, 0.2) is 12.4 Å². The number of hydrogen-bond acceptors (Lipinski definition) is 4. The highest BCUT2D eigenvalue weighted by Gasteiger charge is 2.30. The number of rotatable bonds is 6. The second kappa shape index (κ2) is 6.87. The largest absolute Gasteiger partial charge is 0.481 e. The van der Waals surface area contributed by atoms with Crippen molar-refractivity contribution in [3.63, 3.8) is 0 Å². The van der Waals surface area contributed by atoms with Crippen LogP contribution in [-0.2, 0) is 16.1 Å². The van der Waals surface area contributed by atoms with Crippen LogP contribution in [0.5, 0.6) is 0 Å². The molecule has 0 unspecified atom stereocenters. The zero-order chi connectivity index (χ0) is 16.0. The van der Waals surface area contributed by atoms with Crippen molar-refractivity contribution in [2.75, 3.05) is 6.54 Å². The zero-order valence-corrected chi connectivity index (χ0v) is 12.3. The third kappa shape index (κ3) is 5.64. The summed E-state index contributed by atoms with van der Waals surface area (Å²) in [5.41, 5.74) is -0.192. The molecule has 1 rings (SSSR count). The number of urea groups is 1. The van der Waals surface area contributed by atoms with Crippen LogP contribution >= 0.6 is 0 Å². The third-order valence-corrected chi connectivity index (χ3v) is 2.82. The maximum absolute atomic E-state index is 11.6. The van der Waals surface area contributed by atoms with Crippen LogP contribution in [-0.4, -0.2) is 39.3 Å². The Balaban J connectivity index is 2.30. The number of carboxylic acids is 1. The number of aliphatic carboxylic acids is 1. The van der Waals surface area contributed by atoms with Crippen molar-refractivity contribution >= 4 is 17.9 Å². The van der Waals surface area contributed by atoms with E-state index in [0.717, 1.165) is 5.56 Å².